The van der Waals surface area contributed by atoms with Crippen LogP contribution in [0.15, 0.2) is 35.7 Å². The van der Waals surface area contributed by atoms with Gasteiger partial charge < -0.3 is 10.0 Å². The fourth-order valence-corrected chi connectivity index (χ4v) is 3.55. The number of aromatic nitrogens is 1. The van der Waals surface area contributed by atoms with Gasteiger partial charge in [-0.05, 0) is 31.2 Å². The van der Waals surface area contributed by atoms with Crippen molar-refractivity contribution in [3.05, 3.63) is 52.0 Å². The molecule has 1 aliphatic rings. The molecule has 1 amide bonds. The highest BCUT2D eigenvalue weighted by Crippen LogP contribution is 2.31. The van der Waals surface area contributed by atoms with Crippen molar-refractivity contribution in [3.8, 4) is 0 Å². The lowest BCUT2D eigenvalue weighted by Gasteiger charge is -2.34. The summed E-state index contributed by atoms with van der Waals surface area (Å²) in [6.45, 7) is 3.28. The van der Waals surface area contributed by atoms with Crippen LogP contribution in [0.25, 0.3) is 0 Å². The van der Waals surface area contributed by atoms with E-state index in [1.807, 2.05) is 47.5 Å². The Kier molecular flexibility index (Phi) is 4.55. The summed E-state index contributed by atoms with van der Waals surface area (Å²) in [5.41, 5.74) is 1.51. The second-order valence-electron chi connectivity index (χ2n) is 5.74. The molecule has 4 nitrogen and oxygen atoms in total. The Morgan fingerprint density at radius 1 is 1.32 bits per heavy atom. The van der Waals surface area contributed by atoms with Gasteiger partial charge in [0.15, 0.2) is 0 Å². The van der Waals surface area contributed by atoms with Crippen molar-refractivity contribution in [1.29, 1.82) is 0 Å². The Labute approximate surface area is 134 Å². The topological polar surface area (TPSA) is 53.4 Å². The zero-order chi connectivity index (χ0) is 15.5. The van der Waals surface area contributed by atoms with Gasteiger partial charge in [0.25, 0.3) is 5.91 Å². The van der Waals surface area contributed by atoms with Crippen molar-refractivity contribution in [2.75, 3.05) is 13.1 Å². The number of hydrogen-bond acceptors (Lipinski definition) is 4. The molecule has 0 unspecified atom stereocenters. The molecule has 1 fully saturated rings. The van der Waals surface area contributed by atoms with Crippen LogP contribution < -0.4 is 0 Å². The van der Waals surface area contributed by atoms with Crippen molar-refractivity contribution in [3.63, 3.8) is 0 Å². The average Bonchev–Trinajstić information content (AvgIpc) is 3.01. The van der Waals surface area contributed by atoms with E-state index in [-0.39, 0.29) is 11.8 Å². The molecule has 0 radical (unpaired) electrons. The van der Waals surface area contributed by atoms with Crippen LogP contribution in [0.5, 0.6) is 0 Å². The van der Waals surface area contributed by atoms with Crippen LogP contribution in [0, 0.1) is 12.8 Å². The second kappa shape index (κ2) is 6.58. The molecule has 22 heavy (non-hydrogen) atoms. The number of carbonyl (C=O) groups is 1. The second-order valence-corrected chi connectivity index (χ2v) is 6.80. The van der Waals surface area contributed by atoms with Gasteiger partial charge in [-0.25, -0.2) is 4.98 Å². The van der Waals surface area contributed by atoms with E-state index >= 15 is 0 Å². The molecule has 1 saturated heterocycles. The van der Waals surface area contributed by atoms with Crippen molar-refractivity contribution < 1.29 is 9.90 Å². The monoisotopic (exact) mass is 316 g/mol. The van der Waals surface area contributed by atoms with Crippen molar-refractivity contribution >= 4 is 17.2 Å². The van der Waals surface area contributed by atoms with Gasteiger partial charge in [-0.1, -0.05) is 30.3 Å². The van der Waals surface area contributed by atoms with Crippen LogP contribution in [0.1, 0.15) is 40.0 Å². The van der Waals surface area contributed by atoms with Gasteiger partial charge in [-0.3, -0.25) is 4.79 Å². The molecule has 3 rings (SSSR count). The lowest BCUT2D eigenvalue weighted by Crippen LogP contribution is -2.39. The Bertz CT molecular complexity index is 633. The molecule has 5 heteroatoms. The van der Waals surface area contributed by atoms with Gasteiger partial charge in [-0.15, -0.1) is 11.3 Å². The lowest BCUT2D eigenvalue weighted by molar-refractivity contribution is 0.0459. The summed E-state index contributed by atoms with van der Waals surface area (Å²) in [5.74, 6) is 0.223. The minimum Gasteiger partial charge on any atom is -0.388 e. The molecule has 2 aromatic rings. The number of rotatable bonds is 3. The number of thiazole rings is 1. The van der Waals surface area contributed by atoms with Gasteiger partial charge in [0.2, 0.25) is 0 Å². The number of carbonyl (C=O) groups excluding carboxylic acids is 1. The quantitative estimate of drug-likeness (QED) is 0.947. The average molecular weight is 316 g/mol. The third kappa shape index (κ3) is 3.20. The zero-order valence-corrected chi connectivity index (χ0v) is 13.4. The maximum absolute atomic E-state index is 12.4. The number of nitrogens with zero attached hydrogens (tertiary/aromatic N) is 2. The number of benzene rings is 1. The fourth-order valence-electron chi connectivity index (χ4n) is 2.96. The summed E-state index contributed by atoms with van der Waals surface area (Å²) >= 11 is 1.50. The van der Waals surface area contributed by atoms with Crippen LogP contribution in [0.2, 0.25) is 0 Å². The van der Waals surface area contributed by atoms with Crippen molar-refractivity contribution in [2.24, 2.45) is 5.92 Å². The molecule has 1 aromatic heterocycles. The molecule has 0 aliphatic carbocycles. The molecule has 1 aliphatic heterocycles. The molecule has 1 atom stereocenters. The predicted molar refractivity (Wildman–Crippen MR) is 86.9 cm³/mol. The minimum atomic E-state index is -0.444. The lowest BCUT2D eigenvalue weighted by atomic mass is 9.87. The third-order valence-corrected chi connectivity index (χ3v) is 5.03. The Balaban J connectivity index is 1.59. The van der Waals surface area contributed by atoms with Crippen LogP contribution in [-0.4, -0.2) is 34.0 Å². The van der Waals surface area contributed by atoms with Gasteiger partial charge in [0, 0.05) is 18.5 Å². The summed E-state index contributed by atoms with van der Waals surface area (Å²) in [7, 11) is 0. The van der Waals surface area contributed by atoms with E-state index in [1.165, 1.54) is 11.3 Å². The number of amides is 1. The number of piperidine rings is 1. The number of likely N-dealkylation sites (tertiary alicyclic amines) is 1. The molecular formula is C17H20N2O2S. The Morgan fingerprint density at radius 2 is 2.00 bits per heavy atom. The summed E-state index contributed by atoms with van der Waals surface area (Å²) in [6, 6.07) is 9.76. The largest absolute Gasteiger partial charge is 0.388 e. The summed E-state index contributed by atoms with van der Waals surface area (Å²) in [6.07, 6.45) is 1.20. The SMILES string of the molecule is Cc1nc(C(=O)N2CCC([C@H](O)c3ccccc3)CC2)cs1. The molecule has 0 bridgehead atoms. The smallest absolute Gasteiger partial charge is 0.273 e. The van der Waals surface area contributed by atoms with E-state index < -0.39 is 6.10 Å². The summed E-state index contributed by atoms with van der Waals surface area (Å²) in [4.78, 5) is 18.5. The molecular weight excluding hydrogens is 296 g/mol. The highest BCUT2D eigenvalue weighted by Gasteiger charge is 2.29. The molecule has 1 N–H and O–H groups in total. The van der Waals surface area contributed by atoms with Crippen molar-refractivity contribution in [2.45, 2.75) is 25.9 Å². The molecule has 2 heterocycles. The van der Waals surface area contributed by atoms with Gasteiger partial charge >= 0.3 is 0 Å². The van der Waals surface area contributed by atoms with Crippen LogP contribution in [-0.2, 0) is 0 Å². The minimum absolute atomic E-state index is 0.0111. The maximum atomic E-state index is 12.4. The number of aliphatic hydroxyl groups is 1. The van der Waals surface area contributed by atoms with Crippen molar-refractivity contribution in [1.82, 2.24) is 9.88 Å². The molecule has 1 aromatic carbocycles. The highest BCUT2D eigenvalue weighted by molar-refractivity contribution is 7.09. The standard InChI is InChI=1S/C17H20N2O2S/c1-12-18-15(11-22-12)17(21)19-9-7-14(8-10-19)16(20)13-5-3-2-4-6-13/h2-6,11,14,16,20H,7-10H2,1H3/t16-/m1/s1. The zero-order valence-electron chi connectivity index (χ0n) is 12.6. The van der Waals surface area contributed by atoms with E-state index in [1.54, 1.807) is 0 Å². The molecule has 0 spiro atoms. The van der Waals surface area contributed by atoms with E-state index in [0.717, 1.165) is 23.4 Å². The van der Waals surface area contributed by atoms with E-state index in [4.69, 9.17) is 0 Å². The van der Waals surface area contributed by atoms with E-state index in [0.29, 0.717) is 18.8 Å². The first-order chi connectivity index (χ1) is 10.6. The summed E-state index contributed by atoms with van der Waals surface area (Å²) in [5, 5.41) is 13.2. The van der Waals surface area contributed by atoms with Gasteiger partial charge in [-0.2, -0.15) is 0 Å². The molecule has 116 valence electrons. The number of aryl methyl sites for hydroxylation is 1. The van der Waals surface area contributed by atoms with Crippen LogP contribution in [0.4, 0.5) is 0 Å². The van der Waals surface area contributed by atoms with E-state index in [2.05, 4.69) is 4.98 Å². The van der Waals surface area contributed by atoms with Crippen LogP contribution in [0.3, 0.4) is 0 Å². The normalized spacial score (nSPS) is 17.5. The van der Waals surface area contributed by atoms with Gasteiger partial charge in [0.1, 0.15) is 5.69 Å². The Hall–Kier alpha value is -1.72. The van der Waals surface area contributed by atoms with Crippen LogP contribution >= 0.6 is 11.3 Å². The first-order valence-electron chi connectivity index (χ1n) is 7.59. The Morgan fingerprint density at radius 3 is 2.59 bits per heavy atom. The maximum Gasteiger partial charge on any atom is 0.273 e. The third-order valence-electron chi connectivity index (χ3n) is 4.25. The first kappa shape index (κ1) is 15.2. The van der Waals surface area contributed by atoms with E-state index in [9.17, 15) is 9.90 Å². The van der Waals surface area contributed by atoms with Gasteiger partial charge in [0.05, 0.1) is 11.1 Å². The number of hydrogen-bond donors (Lipinski definition) is 1. The highest BCUT2D eigenvalue weighted by atomic mass is 32.1. The molecule has 0 saturated carbocycles. The summed E-state index contributed by atoms with van der Waals surface area (Å²) < 4.78 is 0. The predicted octanol–water partition coefficient (Wildman–Crippen LogP) is 3.04. The number of aliphatic hydroxyl groups excluding tert-OH is 1. The fraction of sp³-hybridized carbons (Fsp3) is 0.412. The first-order valence-corrected chi connectivity index (χ1v) is 8.47.